The van der Waals surface area contributed by atoms with E-state index in [9.17, 15) is 15.0 Å². The van der Waals surface area contributed by atoms with Crippen molar-refractivity contribution >= 4 is 5.91 Å². The Labute approximate surface area is 245 Å². The molecule has 0 heterocycles. The smallest absolute Gasteiger partial charge is 0.220 e. The number of carbonyl (C=O) groups excluding carboxylic acids is 1. The molecule has 0 aromatic carbocycles. The minimum atomic E-state index is -0.904. The van der Waals surface area contributed by atoms with Crippen LogP contribution >= 0.6 is 0 Å². The zero-order valence-electron chi connectivity index (χ0n) is 25.0. The van der Waals surface area contributed by atoms with Crippen LogP contribution in [0.25, 0.3) is 0 Å². The predicted molar refractivity (Wildman–Crippen MR) is 174 cm³/mol. The van der Waals surface area contributed by atoms with Crippen molar-refractivity contribution in [1.29, 1.82) is 0 Å². The van der Waals surface area contributed by atoms with Crippen molar-refractivity contribution in [2.45, 2.75) is 103 Å². The summed E-state index contributed by atoms with van der Waals surface area (Å²) in [5.41, 5.74) is 0. The van der Waals surface area contributed by atoms with E-state index in [1.807, 2.05) is 19.1 Å². The molecule has 0 aromatic rings. The number of unbranched alkanes of at least 4 members (excludes halogenated alkanes) is 2. The van der Waals surface area contributed by atoms with Gasteiger partial charge in [0.05, 0.1) is 18.8 Å². The maximum Gasteiger partial charge on any atom is 0.220 e. The Hall–Kier alpha value is -2.95. The van der Waals surface area contributed by atoms with Gasteiger partial charge in [0, 0.05) is 6.42 Å². The first-order valence-electron chi connectivity index (χ1n) is 15.1. The third-order valence-corrected chi connectivity index (χ3v) is 5.83. The van der Waals surface area contributed by atoms with Gasteiger partial charge in [-0.2, -0.15) is 0 Å². The van der Waals surface area contributed by atoms with Gasteiger partial charge in [0.2, 0.25) is 5.91 Å². The van der Waals surface area contributed by atoms with Crippen LogP contribution < -0.4 is 5.32 Å². The molecule has 0 aliphatic heterocycles. The molecule has 2 unspecified atom stereocenters. The fourth-order valence-electron chi connectivity index (χ4n) is 3.53. The average molecular weight is 550 g/mol. The molecule has 40 heavy (non-hydrogen) atoms. The second-order valence-corrected chi connectivity index (χ2v) is 9.42. The van der Waals surface area contributed by atoms with Gasteiger partial charge in [0.15, 0.2) is 0 Å². The van der Waals surface area contributed by atoms with Gasteiger partial charge in [-0.25, -0.2) is 0 Å². The molecule has 0 aliphatic carbocycles. The van der Waals surface area contributed by atoms with E-state index in [2.05, 4.69) is 103 Å². The summed E-state index contributed by atoms with van der Waals surface area (Å²) in [6.45, 7) is 3.87. The van der Waals surface area contributed by atoms with Crippen molar-refractivity contribution in [3.63, 3.8) is 0 Å². The van der Waals surface area contributed by atoms with Gasteiger partial charge in [-0.1, -0.05) is 116 Å². The van der Waals surface area contributed by atoms with Crippen LogP contribution in [0.2, 0.25) is 0 Å². The zero-order valence-corrected chi connectivity index (χ0v) is 25.0. The highest BCUT2D eigenvalue weighted by Crippen LogP contribution is 2.03. The number of rotatable bonds is 24. The highest BCUT2D eigenvalue weighted by Gasteiger charge is 2.17. The van der Waals surface area contributed by atoms with Crippen LogP contribution in [0.15, 0.2) is 109 Å². The van der Waals surface area contributed by atoms with Crippen LogP contribution in [-0.2, 0) is 4.79 Å². The van der Waals surface area contributed by atoms with Crippen molar-refractivity contribution in [3.8, 4) is 0 Å². The molecule has 2 atom stereocenters. The Morgan fingerprint density at radius 3 is 1.52 bits per heavy atom. The topological polar surface area (TPSA) is 69.6 Å². The van der Waals surface area contributed by atoms with Crippen LogP contribution in [0, 0.1) is 0 Å². The van der Waals surface area contributed by atoms with Crippen molar-refractivity contribution in [3.05, 3.63) is 109 Å². The molecule has 0 aromatic heterocycles. The van der Waals surface area contributed by atoms with Crippen LogP contribution in [0.1, 0.15) is 90.9 Å². The third kappa shape index (κ3) is 26.6. The molecule has 1 amide bonds. The van der Waals surface area contributed by atoms with Crippen LogP contribution in [0.3, 0.4) is 0 Å². The summed E-state index contributed by atoms with van der Waals surface area (Å²) in [4.78, 5) is 12.2. The summed E-state index contributed by atoms with van der Waals surface area (Å²) in [5.74, 6) is -0.171. The van der Waals surface area contributed by atoms with Crippen LogP contribution in [0.4, 0.5) is 0 Å². The highest BCUT2D eigenvalue weighted by atomic mass is 16.3. The molecule has 3 N–H and O–H groups in total. The van der Waals surface area contributed by atoms with E-state index in [0.717, 1.165) is 64.2 Å². The van der Waals surface area contributed by atoms with E-state index < -0.39 is 12.1 Å². The van der Waals surface area contributed by atoms with Gasteiger partial charge in [-0.15, -0.1) is 0 Å². The standard InChI is InChI=1S/C36H55NO3/c1-3-5-7-9-11-13-14-15-16-17-18-19-20-21-22-24-26-28-30-32-36(40)37-34(33-38)35(39)31-29-27-25-23-12-10-8-6-4-2/h4-7,11-13,15-16,18-19,21-23,26,28-29,31,34-35,38-39H,3,8-10,14,17,20,24-25,27,30,32-33H2,1-2H3,(H,37,40)/b6-4+,7-5-,13-11-,16-15-,19-18-,22-21-,23-12+,28-26-,31-29+. The maximum atomic E-state index is 12.2. The first-order valence-corrected chi connectivity index (χ1v) is 15.1. The van der Waals surface area contributed by atoms with Gasteiger partial charge in [0.25, 0.3) is 0 Å². The largest absolute Gasteiger partial charge is 0.394 e. The lowest BCUT2D eigenvalue weighted by molar-refractivity contribution is -0.122. The van der Waals surface area contributed by atoms with Crippen LogP contribution in [0.5, 0.6) is 0 Å². The Balaban J connectivity index is 3.94. The molecule has 0 radical (unpaired) electrons. The van der Waals surface area contributed by atoms with Gasteiger partial charge in [-0.05, 0) is 77.6 Å². The molecule has 0 bridgehead atoms. The number of aliphatic hydroxyl groups is 2. The summed E-state index contributed by atoms with van der Waals surface area (Å²) in [6, 6.07) is -0.689. The molecule has 0 aliphatic rings. The van der Waals surface area contributed by atoms with Crippen LogP contribution in [-0.4, -0.2) is 34.9 Å². The Morgan fingerprint density at radius 2 is 1.05 bits per heavy atom. The summed E-state index contributed by atoms with van der Waals surface area (Å²) in [5, 5.41) is 22.6. The Morgan fingerprint density at radius 1 is 0.625 bits per heavy atom. The second kappa shape index (κ2) is 30.6. The number of nitrogens with one attached hydrogen (secondary N) is 1. The summed E-state index contributed by atoms with van der Waals surface area (Å²) in [6.07, 6.45) is 47.6. The summed E-state index contributed by atoms with van der Waals surface area (Å²) < 4.78 is 0. The minimum absolute atomic E-state index is 0.171. The first-order chi connectivity index (χ1) is 19.7. The van der Waals surface area contributed by atoms with E-state index in [-0.39, 0.29) is 12.5 Å². The van der Waals surface area contributed by atoms with Gasteiger partial charge < -0.3 is 15.5 Å². The van der Waals surface area contributed by atoms with Gasteiger partial charge >= 0.3 is 0 Å². The number of allylic oxidation sites excluding steroid dienone is 17. The molecule has 0 fully saturated rings. The second-order valence-electron chi connectivity index (χ2n) is 9.42. The molecule has 0 rings (SSSR count). The molecular weight excluding hydrogens is 494 g/mol. The lowest BCUT2D eigenvalue weighted by atomic mass is 10.1. The van der Waals surface area contributed by atoms with Gasteiger partial charge in [-0.3, -0.25) is 4.79 Å². The maximum absolute atomic E-state index is 12.2. The fourth-order valence-corrected chi connectivity index (χ4v) is 3.53. The SMILES string of the molecule is C/C=C/CC/C=C/CC/C=C/C(O)C(CO)NC(=O)CC/C=C\C/C=C\C/C=C\C/C=C\C/C=C\C/C=C\CC. The molecule has 0 saturated heterocycles. The van der Waals surface area contributed by atoms with E-state index in [4.69, 9.17) is 0 Å². The lowest BCUT2D eigenvalue weighted by Crippen LogP contribution is -2.45. The lowest BCUT2D eigenvalue weighted by Gasteiger charge is -2.19. The number of hydrogen-bond acceptors (Lipinski definition) is 3. The zero-order chi connectivity index (χ0) is 29.4. The van der Waals surface area contributed by atoms with Crippen molar-refractivity contribution in [2.75, 3.05) is 6.61 Å². The molecular formula is C36H55NO3. The van der Waals surface area contributed by atoms with E-state index in [1.165, 1.54) is 0 Å². The van der Waals surface area contributed by atoms with E-state index in [0.29, 0.717) is 12.8 Å². The number of aliphatic hydroxyl groups excluding tert-OH is 2. The predicted octanol–water partition coefficient (Wildman–Crippen LogP) is 8.55. The quantitative estimate of drug-likeness (QED) is 0.0834. The Bertz CT molecular complexity index is 855. The fraction of sp³-hybridized carbons (Fsp3) is 0.472. The van der Waals surface area contributed by atoms with Crippen molar-refractivity contribution in [1.82, 2.24) is 5.32 Å². The van der Waals surface area contributed by atoms with Crippen molar-refractivity contribution < 1.29 is 15.0 Å². The van der Waals surface area contributed by atoms with E-state index >= 15 is 0 Å². The first kappa shape index (κ1) is 37.1. The minimum Gasteiger partial charge on any atom is -0.394 e. The third-order valence-electron chi connectivity index (χ3n) is 5.83. The highest BCUT2D eigenvalue weighted by molar-refractivity contribution is 5.76. The number of amides is 1. The van der Waals surface area contributed by atoms with E-state index in [1.54, 1.807) is 6.08 Å². The normalized spacial score (nSPS) is 14.8. The number of carbonyl (C=O) groups is 1. The molecule has 222 valence electrons. The van der Waals surface area contributed by atoms with Gasteiger partial charge in [0.1, 0.15) is 0 Å². The molecule has 4 heteroatoms. The summed E-state index contributed by atoms with van der Waals surface area (Å²) >= 11 is 0. The summed E-state index contributed by atoms with van der Waals surface area (Å²) in [7, 11) is 0. The molecule has 0 saturated carbocycles. The molecule has 4 nitrogen and oxygen atoms in total. The molecule has 0 spiro atoms. The van der Waals surface area contributed by atoms with Crippen molar-refractivity contribution in [2.24, 2.45) is 0 Å². The average Bonchev–Trinajstić information content (AvgIpc) is 2.96. The Kier molecular flexibility index (Phi) is 28.3. The number of hydrogen-bond donors (Lipinski definition) is 3. The monoisotopic (exact) mass is 549 g/mol.